The second kappa shape index (κ2) is 3.62. The van der Waals surface area contributed by atoms with Crippen LogP contribution in [0.25, 0.3) is 0 Å². The van der Waals surface area contributed by atoms with Crippen LogP contribution in [0.1, 0.15) is 58.8 Å². The smallest absolute Gasteiger partial charge is 0.295 e. The molecule has 0 aromatic heterocycles. The molecule has 2 atom stereocenters. The standard InChI is InChI=1S/C14H24N2O3/c1-11-5-12(2)7-13(6-11,3-4-15)10-14(8-11,9-12)19-16(17)18/h3-10,15H2,1-2H3. The topological polar surface area (TPSA) is 78.4 Å². The summed E-state index contributed by atoms with van der Waals surface area (Å²) in [5, 5.41) is 10.3. The van der Waals surface area contributed by atoms with Gasteiger partial charge in [0.1, 0.15) is 5.60 Å². The third kappa shape index (κ3) is 2.02. The molecule has 0 spiro atoms. The van der Waals surface area contributed by atoms with Crippen molar-refractivity contribution in [2.75, 3.05) is 6.54 Å². The highest BCUT2D eigenvalue weighted by Crippen LogP contribution is 2.72. The molecule has 108 valence electrons. The summed E-state index contributed by atoms with van der Waals surface area (Å²) in [7, 11) is 0. The zero-order chi connectivity index (χ0) is 13.9. The molecule has 0 aromatic rings. The van der Waals surface area contributed by atoms with Crippen molar-refractivity contribution in [2.24, 2.45) is 22.0 Å². The van der Waals surface area contributed by atoms with E-state index >= 15 is 0 Å². The molecule has 0 aliphatic heterocycles. The maximum atomic E-state index is 10.9. The Kier molecular flexibility index (Phi) is 2.51. The van der Waals surface area contributed by atoms with Gasteiger partial charge in [-0.15, -0.1) is 10.1 Å². The SMILES string of the molecule is CC12CC3(C)CC(CCN)(C1)CC(O[N+](=O)[O-])(C2)C3. The maximum Gasteiger partial charge on any atom is 0.295 e. The van der Waals surface area contributed by atoms with Crippen LogP contribution in [0.4, 0.5) is 0 Å². The van der Waals surface area contributed by atoms with Gasteiger partial charge in [0.25, 0.3) is 5.09 Å². The van der Waals surface area contributed by atoms with Gasteiger partial charge in [0.15, 0.2) is 0 Å². The van der Waals surface area contributed by atoms with Gasteiger partial charge in [-0.05, 0) is 67.7 Å². The highest BCUT2D eigenvalue weighted by atomic mass is 17.0. The van der Waals surface area contributed by atoms with E-state index in [2.05, 4.69) is 13.8 Å². The molecule has 0 amide bonds. The van der Waals surface area contributed by atoms with E-state index < -0.39 is 10.7 Å². The molecule has 5 nitrogen and oxygen atoms in total. The summed E-state index contributed by atoms with van der Waals surface area (Å²) in [6.07, 6.45) is 6.97. The lowest BCUT2D eigenvalue weighted by molar-refractivity contribution is -0.787. The average molecular weight is 268 g/mol. The number of hydrogen-bond acceptors (Lipinski definition) is 4. The van der Waals surface area contributed by atoms with Crippen LogP contribution in [0.3, 0.4) is 0 Å². The molecule has 4 aliphatic rings. The predicted molar refractivity (Wildman–Crippen MR) is 70.8 cm³/mol. The van der Waals surface area contributed by atoms with Crippen molar-refractivity contribution in [2.45, 2.75) is 64.4 Å². The summed E-state index contributed by atoms with van der Waals surface area (Å²) in [5.74, 6) is 0. The number of rotatable bonds is 4. The van der Waals surface area contributed by atoms with Gasteiger partial charge in [-0.3, -0.25) is 0 Å². The third-order valence-corrected chi connectivity index (χ3v) is 5.60. The monoisotopic (exact) mass is 268 g/mol. The van der Waals surface area contributed by atoms with E-state index in [9.17, 15) is 10.1 Å². The first-order valence-corrected chi connectivity index (χ1v) is 7.26. The Balaban J connectivity index is 1.99. The Morgan fingerprint density at radius 3 is 2.16 bits per heavy atom. The summed E-state index contributed by atoms with van der Waals surface area (Å²) in [6.45, 7) is 5.23. The maximum absolute atomic E-state index is 10.9. The molecule has 0 radical (unpaired) electrons. The fourth-order valence-electron chi connectivity index (χ4n) is 6.66. The summed E-state index contributed by atoms with van der Waals surface area (Å²) >= 11 is 0. The molecule has 2 unspecified atom stereocenters. The number of hydrogen-bond donors (Lipinski definition) is 1. The lowest BCUT2D eigenvalue weighted by atomic mass is 9.38. The second-order valence-corrected chi connectivity index (χ2v) is 8.22. The second-order valence-electron chi connectivity index (χ2n) is 8.22. The Hall–Kier alpha value is -0.840. The van der Waals surface area contributed by atoms with E-state index in [0.29, 0.717) is 6.54 Å². The van der Waals surface area contributed by atoms with E-state index in [1.165, 1.54) is 6.42 Å². The molecule has 19 heavy (non-hydrogen) atoms. The summed E-state index contributed by atoms with van der Waals surface area (Å²) in [6, 6.07) is 0. The molecule has 4 saturated carbocycles. The van der Waals surface area contributed by atoms with Crippen molar-refractivity contribution in [3.8, 4) is 0 Å². The third-order valence-electron chi connectivity index (χ3n) is 5.60. The van der Waals surface area contributed by atoms with Crippen molar-refractivity contribution in [3.63, 3.8) is 0 Å². The molecule has 4 rings (SSSR count). The van der Waals surface area contributed by atoms with Crippen LogP contribution in [0, 0.1) is 26.4 Å². The van der Waals surface area contributed by atoms with E-state index in [0.717, 1.165) is 38.5 Å². The predicted octanol–water partition coefficient (Wildman–Crippen LogP) is 2.66. The van der Waals surface area contributed by atoms with Crippen LogP contribution >= 0.6 is 0 Å². The Morgan fingerprint density at radius 2 is 1.68 bits per heavy atom. The van der Waals surface area contributed by atoms with Crippen molar-refractivity contribution in [3.05, 3.63) is 10.1 Å². The molecule has 5 heteroatoms. The minimum atomic E-state index is -0.573. The lowest BCUT2D eigenvalue weighted by Crippen LogP contribution is -2.64. The van der Waals surface area contributed by atoms with Crippen molar-refractivity contribution < 1.29 is 9.92 Å². The van der Waals surface area contributed by atoms with E-state index in [4.69, 9.17) is 10.6 Å². The van der Waals surface area contributed by atoms with E-state index in [-0.39, 0.29) is 16.2 Å². The molecule has 0 heterocycles. The zero-order valence-electron chi connectivity index (χ0n) is 11.9. The summed E-state index contributed by atoms with van der Waals surface area (Å²) < 4.78 is 0. The Morgan fingerprint density at radius 1 is 1.11 bits per heavy atom. The van der Waals surface area contributed by atoms with Gasteiger partial charge in [-0.2, -0.15) is 0 Å². The van der Waals surface area contributed by atoms with Crippen LogP contribution in [0.5, 0.6) is 0 Å². The summed E-state index contributed by atoms with van der Waals surface area (Å²) in [5.41, 5.74) is 5.81. The molecule has 4 aliphatic carbocycles. The van der Waals surface area contributed by atoms with Gasteiger partial charge in [0, 0.05) is 0 Å². The van der Waals surface area contributed by atoms with Crippen LogP contribution < -0.4 is 5.73 Å². The Bertz CT molecular complexity index is 405. The molecule has 4 bridgehead atoms. The first-order valence-electron chi connectivity index (χ1n) is 7.26. The van der Waals surface area contributed by atoms with Gasteiger partial charge in [0.2, 0.25) is 0 Å². The number of nitrogens with zero attached hydrogens (tertiary/aromatic N) is 1. The number of nitrogens with two attached hydrogens (primary N) is 1. The van der Waals surface area contributed by atoms with Crippen LogP contribution in [0.2, 0.25) is 0 Å². The molecule has 0 aromatic carbocycles. The first-order chi connectivity index (χ1) is 8.72. The minimum absolute atomic E-state index is 0.170. The van der Waals surface area contributed by atoms with Gasteiger partial charge in [0.05, 0.1) is 0 Å². The molecular weight excluding hydrogens is 244 g/mol. The Labute approximate surface area is 114 Å². The van der Waals surface area contributed by atoms with E-state index in [1.807, 2.05) is 0 Å². The molecule has 2 N–H and O–H groups in total. The molecular formula is C14H24N2O3. The lowest BCUT2D eigenvalue weighted by Gasteiger charge is -2.68. The fraction of sp³-hybridized carbons (Fsp3) is 1.00. The van der Waals surface area contributed by atoms with Crippen molar-refractivity contribution >= 4 is 0 Å². The molecule has 0 saturated heterocycles. The van der Waals surface area contributed by atoms with Crippen LogP contribution in [0.15, 0.2) is 0 Å². The van der Waals surface area contributed by atoms with Crippen molar-refractivity contribution in [1.82, 2.24) is 0 Å². The van der Waals surface area contributed by atoms with Crippen molar-refractivity contribution in [1.29, 1.82) is 0 Å². The largest absolute Gasteiger partial charge is 0.330 e. The molecule has 4 fully saturated rings. The highest BCUT2D eigenvalue weighted by molar-refractivity contribution is 5.16. The van der Waals surface area contributed by atoms with Gasteiger partial charge in [-0.25, -0.2) is 0 Å². The van der Waals surface area contributed by atoms with E-state index in [1.54, 1.807) is 0 Å². The fourth-order valence-corrected chi connectivity index (χ4v) is 6.66. The zero-order valence-corrected chi connectivity index (χ0v) is 11.9. The first kappa shape index (κ1) is 13.2. The highest BCUT2D eigenvalue weighted by Gasteiger charge is 2.66. The van der Waals surface area contributed by atoms with Crippen LogP contribution in [-0.2, 0) is 4.84 Å². The van der Waals surface area contributed by atoms with Gasteiger partial charge < -0.3 is 10.6 Å². The van der Waals surface area contributed by atoms with Gasteiger partial charge in [-0.1, -0.05) is 13.8 Å². The minimum Gasteiger partial charge on any atom is -0.330 e. The van der Waals surface area contributed by atoms with Crippen LogP contribution in [-0.4, -0.2) is 17.2 Å². The summed E-state index contributed by atoms with van der Waals surface area (Å²) in [4.78, 5) is 16.1. The average Bonchev–Trinajstić information content (AvgIpc) is 2.07. The quantitative estimate of drug-likeness (QED) is 0.628. The normalized spacial score (nSPS) is 51.3. The van der Waals surface area contributed by atoms with Gasteiger partial charge >= 0.3 is 0 Å².